The minimum Gasteiger partial charge on any atom is -0.497 e. The quantitative estimate of drug-likeness (QED) is 0.557. The van der Waals surface area contributed by atoms with Gasteiger partial charge in [-0.15, -0.1) is 0 Å². The van der Waals surface area contributed by atoms with Gasteiger partial charge in [-0.1, -0.05) is 0 Å². The summed E-state index contributed by atoms with van der Waals surface area (Å²) in [5.41, 5.74) is 5.26. The lowest BCUT2D eigenvalue weighted by Gasteiger charge is -2.09. The summed E-state index contributed by atoms with van der Waals surface area (Å²) < 4.78 is 7.34. The van der Waals surface area contributed by atoms with E-state index in [9.17, 15) is 4.79 Å². The van der Waals surface area contributed by atoms with Gasteiger partial charge in [0.1, 0.15) is 5.75 Å². The molecule has 3 heterocycles. The first-order valence-electron chi connectivity index (χ1n) is 8.96. The predicted molar refractivity (Wildman–Crippen MR) is 108 cm³/mol. The average Bonchev–Trinajstić information content (AvgIpc) is 3.23. The van der Waals surface area contributed by atoms with Crippen molar-refractivity contribution >= 4 is 22.9 Å². The van der Waals surface area contributed by atoms with Crippen molar-refractivity contribution in [3.05, 3.63) is 71.3 Å². The van der Waals surface area contributed by atoms with Gasteiger partial charge in [0, 0.05) is 36.4 Å². The van der Waals surface area contributed by atoms with Crippen LogP contribution < -0.4 is 10.1 Å². The Kier molecular flexibility index (Phi) is 4.57. The summed E-state index contributed by atoms with van der Waals surface area (Å²) in [5.74, 6) is 0.945. The van der Waals surface area contributed by atoms with E-state index in [4.69, 9.17) is 4.74 Å². The van der Waals surface area contributed by atoms with E-state index in [1.807, 2.05) is 50.2 Å². The Balaban J connectivity index is 1.57. The molecule has 1 amide bonds. The lowest BCUT2D eigenvalue weighted by atomic mass is 10.2. The number of nitrogens with one attached hydrogen (secondary N) is 2. The van der Waals surface area contributed by atoms with Crippen LogP contribution in [0.4, 0.5) is 5.95 Å². The molecule has 7 nitrogen and oxygen atoms in total. The zero-order valence-corrected chi connectivity index (χ0v) is 16.0. The van der Waals surface area contributed by atoms with Gasteiger partial charge in [-0.05, 0) is 49.7 Å². The number of aromatic nitrogens is 4. The fourth-order valence-electron chi connectivity index (χ4n) is 3.29. The van der Waals surface area contributed by atoms with Gasteiger partial charge >= 0.3 is 0 Å². The van der Waals surface area contributed by atoms with Gasteiger partial charge < -0.3 is 14.3 Å². The molecule has 0 saturated carbocycles. The monoisotopic (exact) mass is 375 g/mol. The number of benzene rings is 1. The number of aromatic amines is 1. The smallest absolute Gasteiger partial charge is 0.259 e. The molecule has 0 bridgehead atoms. The summed E-state index contributed by atoms with van der Waals surface area (Å²) in [6.07, 6.45) is 3.54. The number of pyridine rings is 1. The minimum absolute atomic E-state index is 0.194. The highest BCUT2D eigenvalue weighted by Crippen LogP contribution is 2.22. The molecule has 2 N–H and O–H groups in total. The molecule has 0 unspecified atom stereocenters. The third kappa shape index (κ3) is 3.34. The first kappa shape index (κ1) is 17.8. The van der Waals surface area contributed by atoms with Crippen LogP contribution in [0.5, 0.6) is 5.75 Å². The zero-order chi connectivity index (χ0) is 19.7. The van der Waals surface area contributed by atoms with Crippen LogP contribution in [-0.4, -0.2) is 32.5 Å². The number of ether oxygens (including phenoxy) is 1. The SMILES string of the molecule is COc1ccc2nc(NC(=O)c3cc(C)n(Cc4ccncc4)c3C)[nH]c2c1. The summed E-state index contributed by atoms with van der Waals surface area (Å²) in [6.45, 7) is 4.64. The third-order valence-corrected chi connectivity index (χ3v) is 4.83. The number of methoxy groups -OCH3 is 1. The van der Waals surface area contributed by atoms with Gasteiger partial charge in [0.15, 0.2) is 0 Å². The van der Waals surface area contributed by atoms with Gasteiger partial charge in [0.2, 0.25) is 5.95 Å². The van der Waals surface area contributed by atoms with Crippen LogP contribution in [0.1, 0.15) is 27.3 Å². The Hall–Kier alpha value is -3.61. The summed E-state index contributed by atoms with van der Waals surface area (Å²) in [7, 11) is 1.61. The number of aryl methyl sites for hydroxylation is 1. The van der Waals surface area contributed by atoms with Crippen molar-refractivity contribution in [2.45, 2.75) is 20.4 Å². The molecular formula is C21H21N5O2. The van der Waals surface area contributed by atoms with Gasteiger partial charge in [0.05, 0.1) is 23.7 Å². The van der Waals surface area contributed by atoms with Crippen LogP contribution in [0, 0.1) is 13.8 Å². The molecule has 0 aliphatic heterocycles. The van der Waals surface area contributed by atoms with Crippen LogP contribution in [0.3, 0.4) is 0 Å². The van der Waals surface area contributed by atoms with Gasteiger partial charge in [-0.2, -0.15) is 0 Å². The van der Waals surface area contributed by atoms with E-state index in [0.29, 0.717) is 18.1 Å². The Morgan fingerprint density at radius 2 is 1.96 bits per heavy atom. The number of nitrogens with zero attached hydrogens (tertiary/aromatic N) is 3. The van der Waals surface area contributed by atoms with Crippen molar-refractivity contribution in [3.8, 4) is 5.75 Å². The minimum atomic E-state index is -0.194. The number of imidazole rings is 1. The molecule has 142 valence electrons. The number of carbonyl (C=O) groups excluding carboxylic acids is 1. The maximum absolute atomic E-state index is 12.8. The number of amides is 1. The summed E-state index contributed by atoms with van der Waals surface area (Å²) >= 11 is 0. The van der Waals surface area contributed by atoms with E-state index < -0.39 is 0 Å². The Morgan fingerprint density at radius 3 is 2.71 bits per heavy atom. The fraction of sp³-hybridized carbons (Fsp3) is 0.190. The number of carbonyl (C=O) groups is 1. The fourth-order valence-corrected chi connectivity index (χ4v) is 3.29. The van der Waals surface area contributed by atoms with Crippen LogP contribution >= 0.6 is 0 Å². The van der Waals surface area contributed by atoms with Crippen molar-refractivity contribution < 1.29 is 9.53 Å². The standard InChI is InChI=1S/C21H21N5O2/c1-13-10-17(14(2)26(13)12-15-6-8-22-9-7-15)20(27)25-21-23-18-5-4-16(28-3)11-19(18)24-21/h4-11H,12H2,1-3H3,(H2,23,24,25,27). The highest BCUT2D eigenvalue weighted by atomic mass is 16.5. The molecule has 0 aliphatic rings. The number of rotatable bonds is 5. The summed E-state index contributed by atoms with van der Waals surface area (Å²) in [4.78, 5) is 24.4. The van der Waals surface area contributed by atoms with E-state index in [1.165, 1.54) is 0 Å². The normalized spacial score (nSPS) is 11.0. The maximum Gasteiger partial charge on any atom is 0.259 e. The van der Waals surface area contributed by atoms with Gasteiger partial charge in [-0.3, -0.25) is 15.1 Å². The van der Waals surface area contributed by atoms with E-state index in [2.05, 4.69) is 24.8 Å². The summed E-state index contributed by atoms with van der Waals surface area (Å²) in [6, 6.07) is 11.4. The molecule has 3 aromatic heterocycles. The molecule has 7 heteroatoms. The average molecular weight is 375 g/mol. The number of anilines is 1. The Morgan fingerprint density at radius 1 is 1.18 bits per heavy atom. The highest BCUT2D eigenvalue weighted by Gasteiger charge is 2.17. The second kappa shape index (κ2) is 7.19. The molecule has 0 fully saturated rings. The largest absolute Gasteiger partial charge is 0.497 e. The zero-order valence-electron chi connectivity index (χ0n) is 16.0. The molecular weight excluding hydrogens is 354 g/mol. The van der Waals surface area contributed by atoms with E-state index in [0.717, 1.165) is 33.7 Å². The first-order chi connectivity index (χ1) is 13.5. The van der Waals surface area contributed by atoms with Crippen molar-refractivity contribution in [1.29, 1.82) is 0 Å². The van der Waals surface area contributed by atoms with Crippen molar-refractivity contribution in [1.82, 2.24) is 19.5 Å². The van der Waals surface area contributed by atoms with Crippen LogP contribution in [0.15, 0.2) is 48.8 Å². The molecule has 0 atom stereocenters. The second-order valence-electron chi connectivity index (χ2n) is 6.65. The number of hydrogen-bond acceptors (Lipinski definition) is 4. The van der Waals surface area contributed by atoms with E-state index in [1.54, 1.807) is 19.5 Å². The van der Waals surface area contributed by atoms with Crippen LogP contribution in [-0.2, 0) is 6.54 Å². The Bertz CT molecular complexity index is 1140. The number of fused-ring (bicyclic) bond motifs is 1. The molecule has 28 heavy (non-hydrogen) atoms. The summed E-state index contributed by atoms with van der Waals surface area (Å²) in [5, 5.41) is 2.86. The van der Waals surface area contributed by atoms with Gasteiger partial charge in [0.25, 0.3) is 5.91 Å². The van der Waals surface area contributed by atoms with Crippen molar-refractivity contribution in [2.24, 2.45) is 0 Å². The predicted octanol–water partition coefficient (Wildman–Crippen LogP) is 3.69. The number of hydrogen-bond donors (Lipinski definition) is 2. The lowest BCUT2D eigenvalue weighted by Crippen LogP contribution is -2.14. The third-order valence-electron chi connectivity index (χ3n) is 4.83. The molecule has 4 aromatic rings. The topological polar surface area (TPSA) is 84.8 Å². The molecule has 0 spiro atoms. The van der Waals surface area contributed by atoms with Crippen molar-refractivity contribution in [2.75, 3.05) is 12.4 Å². The molecule has 4 rings (SSSR count). The molecule has 0 saturated heterocycles. The maximum atomic E-state index is 12.8. The van der Waals surface area contributed by atoms with Gasteiger partial charge in [-0.25, -0.2) is 4.98 Å². The van der Waals surface area contributed by atoms with E-state index in [-0.39, 0.29) is 5.91 Å². The molecule has 1 aromatic carbocycles. The number of H-pyrrole nitrogens is 1. The first-order valence-corrected chi connectivity index (χ1v) is 8.96. The van der Waals surface area contributed by atoms with Crippen molar-refractivity contribution in [3.63, 3.8) is 0 Å². The lowest BCUT2D eigenvalue weighted by molar-refractivity contribution is 0.102. The molecule has 0 radical (unpaired) electrons. The van der Waals surface area contributed by atoms with Crippen LogP contribution in [0.25, 0.3) is 11.0 Å². The van der Waals surface area contributed by atoms with Crippen LogP contribution in [0.2, 0.25) is 0 Å². The second-order valence-corrected chi connectivity index (χ2v) is 6.65. The Labute approximate surface area is 162 Å². The highest BCUT2D eigenvalue weighted by molar-refractivity contribution is 6.05. The van der Waals surface area contributed by atoms with E-state index >= 15 is 0 Å². The molecule has 0 aliphatic carbocycles.